The van der Waals surface area contributed by atoms with Gasteiger partial charge in [-0.2, -0.15) is 0 Å². The molecule has 0 bridgehead atoms. The molecule has 3 N–H and O–H groups in total. The highest BCUT2D eigenvalue weighted by molar-refractivity contribution is 5.86. The highest BCUT2D eigenvalue weighted by Crippen LogP contribution is 2.39. The maximum atomic E-state index is 12.8. The lowest BCUT2D eigenvalue weighted by Gasteiger charge is -2.29. The molecule has 0 atom stereocenters. The largest absolute Gasteiger partial charge is 0.361 e. The normalized spacial score (nSPS) is 16.2. The van der Waals surface area contributed by atoms with Crippen molar-refractivity contribution in [2.45, 2.75) is 46.0 Å². The summed E-state index contributed by atoms with van der Waals surface area (Å²) < 4.78 is 0. The molecule has 1 aliphatic rings. The molecule has 158 valence electrons. The van der Waals surface area contributed by atoms with Crippen LogP contribution in [0.3, 0.4) is 0 Å². The summed E-state index contributed by atoms with van der Waals surface area (Å²) in [4.78, 5) is 22.7. The third kappa shape index (κ3) is 4.74. The molecule has 6 nitrogen and oxygen atoms in total. The summed E-state index contributed by atoms with van der Waals surface area (Å²) in [5.41, 5.74) is 3.46. The van der Waals surface area contributed by atoms with Crippen molar-refractivity contribution in [1.82, 2.24) is 20.5 Å². The molecule has 1 fully saturated rings. The van der Waals surface area contributed by atoms with Crippen LogP contribution in [0.4, 0.5) is 0 Å². The Labute approximate surface area is 174 Å². The number of rotatable bonds is 7. The molecular formula is C23H35N5O. The Hall–Kier alpha value is -2.50. The van der Waals surface area contributed by atoms with E-state index in [0.717, 1.165) is 51.2 Å². The number of aliphatic imine (C=N–C) groups is 1. The van der Waals surface area contributed by atoms with Crippen LogP contribution in [0.2, 0.25) is 0 Å². The van der Waals surface area contributed by atoms with Crippen LogP contribution in [-0.4, -0.2) is 55.5 Å². The number of amides is 1. The lowest BCUT2D eigenvalue weighted by atomic mass is 9.85. The first-order valence-electron chi connectivity index (χ1n) is 10.8. The van der Waals surface area contributed by atoms with Crippen LogP contribution in [-0.2, 0) is 11.2 Å². The predicted octanol–water partition coefficient (Wildman–Crippen LogP) is 3.22. The van der Waals surface area contributed by atoms with E-state index >= 15 is 0 Å². The van der Waals surface area contributed by atoms with Gasteiger partial charge in [0.25, 0.3) is 0 Å². The number of carbonyl (C=O) groups is 1. The number of benzene rings is 1. The summed E-state index contributed by atoms with van der Waals surface area (Å²) in [7, 11) is 3.69. The zero-order valence-electron chi connectivity index (χ0n) is 18.3. The summed E-state index contributed by atoms with van der Waals surface area (Å²) in [6, 6.07) is 6.41. The summed E-state index contributed by atoms with van der Waals surface area (Å²) >= 11 is 0. The topological polar surface area (TPSA) is 72.5 Å². The third-order valence-electron chi connectivity index (χ3n) is 6.00. The number of nitrogens with zero attached hydrogens (tertiary/aromatic N) is 2. The molecule has 0 aliphatic heterocycles. The molecule has 0 unspecified atom stereocenters. The number of para-hydroxylation sites is 1. The molecule has 2 aromatic rings. The number of aromatic nitrogens is 1. The van der Waals surface area contributed by atoms with Crippen LogP contribution >= 0.6 is 0 Å². The summed E-state index contributed by atoms with van der Waals surface area (Å²) in [5, 5.41) is 8.06. The zero-order chi connectivity index (χ0) is 20.9. The van der Waals surface area contributed by atoms with Crippen LogP contribution in [0.25, 0.3) is 10.9 Å². The van der Waals surface area contributed by atoms with Crippen molar-refractivity contribution in [3.63, 3.8) is 0 Å². The third-order valence-corrected chi connectivity index (χ3v) is 6.00. The van der Waals surface area contributed by atoms with Gasteiger partial charge in [-0.05, 0) is 44.2 Å². The Morgan fingerprint density at radius 3 is 2.69 bits per heavy atom. The number of fused-ring (bicyclic) bond motifs is 1. The number of hydrogen-bond donors (Lipinski definition) is 3. The second-order valence-electron chi connectivity index (χ2n) is 8.37. The van der Waals surface area contributed by atoms with Crippen molar-refractivity contribution < 1.29 is 4.79 Å². The van der Waals surface area contributed by atoms with Gasteiger partial charge in [-0.3, -0.25) is 9.79 Å². The monoisotopic (exact) mass is 397 g/mol. The van der Waals surface area contributed by atoms with E-state index in [2.05, 4.69) is 53.9 Å². The minimum absolute atomic E-state index is 0.212. The van der Waals surface area contributed by atoms with E-state index in [0.29, 0.717) is 6.54 Å². The molecule has 0 radical (unpaired) electrons. The molecule has 29 heavy (non-hydrogen) atoms. The molecular weight excluding hydrogens is 362 g/mol. The van der Waals surface area contributed by atoms with E-state index in [-0.39, 0.29) is 11.3 Å². The first kappa shape index (κ1) is 21.2. The first-order chi connectivity index (χ1) is 14.0. The van der Waals surface area contributed by atoms with Gasteiger partial charge in [0.15, 0.2) is 5.96 Å². The van der Waals surface area contributed by atoms with Gasteiger partial charge in [-0.1, -0.05) is 31.0 Å². The van der Waals surface area contributed by atoms with E-state index in [4.69, 9.17) is 4.99 Å². The predicted molar refractivity (Wildman–Crippen MR) is 120 cm³/mol. The van der Waals surface area contributed by atoms with Crippen molar-refractivity contribution >= 4 is 22.8 Å². The number of carbonyl (C=O) groups excluding carboxylic acids is 1. The smallest absolute Gasteiger partial charge is 0.230 e. The average Bonchev–Trinajstić information content (AvgIpc) is 3.34. The standard InChI is InChI=1S/C23H35N5O/c1-5-24-22(27-16-23(12-6-7-13-23)21(29)28(3)4)25-14-11-18-15-26-20-17(2)9-8-10-19(18)20/h8-10,15,26H,5-7,11-14,16H2,1-4H3,(H2,24,25,27). The van der Waals surface area contributed by atoms with Gasteiger partial charge >= 0.3 is 0 Å². The highest BCUT2D eigenvalue weighted by atomic mass is 16.2. The van der Waals surface area contributed by atoms with Gasteiger partial charge in [-0.25, -0.2) is 0 Å². The van der Waals surface area contributed by atoms with Gasteiger partial charge < -0.3 is 20.5 Å². The minimum Gasteiger partial charge on any atom is -0.361 e. The SMILES string of the molecule is CCNC(=NCC1(C(=O)N(C)C)CCCC1)NCCc1c[nH]c2c(C)cccc12. The fourth-order valence-corrected chi connectivity index (χ4v) is 4.42. The lowest BCUT2D eigenvalue weighted by molar-refractivity contribution is -0.138. The van der Waals surface area contributed by atoms with E-state index in [1.54, 1.807) is 4.90 Å². The summed E-state index contributed by atoms with van der Waals surface area (Å²) in [5.74, 6) is 1.00. The summed E-state index contributed by atoms with van der Waals surface area (Å²) in [6.45, 7) is 6.33. The van der Waals surface area contributed by atoms with E-state index in [9.17, 15) is 4.79 Å². The van der Waals surface area contributed by atoms with Crippen molar-refractivity contribution in [2.24, 2.45) is 10.4 Å². The Morgan fingerprint density at radius 1 is 1.24 bits per heavy atom. The summed E-state index contributed by atoms with van der Waals surface area (Å²) in [6.07, 6.45) is 7.10. The fraction of sp³-hybridized carbons (Fsp3) is 0.565. The number of nitrogens with one attached hydrogen (secondary N) is 3. The maximum absolute atomic E-state index is 12.8. The quantitative estimate of drug-likeness (QED) is 0.496. The molecule has 1 amide bonds. The van der Waals surface area contributed by atoms with Crippen molar-refractivity contribution in [2.75, 3.05) is 33.7 Å². The number of aryl methyl sites for hydroxylation is 1. The molecule has 0 saturated heterocycles. The van der Waals surface area contributed by atoms with E-state index in [1.165, 1.54) is 22.0 Å². The Bertz CT molecular complexity index is 861. The van der Waals surface area contributed by atoms with Crippen LogP contribution in [0.1, 0.15) is 43.7 Å². The average molecular weight is 398 g/mol. The minimum atomic E-state index is -0.333. The molecule has 1 aromatic carbocycles. The first-order valence-corrected chi connectivity index (χ1v) is 10.8. The molecule has 0 spiro atoms. The van der Waals surface area contributed by atoms with Gasteiger partial charge in [0.1, 0.15) is 0 Å². The second kappa shape index (κ2) is 9.33. The number of aromatic amines is 1. The number of H-pyrrole nitrogens is 1. The van der Waals surface area contributed by atoms with Crippen molar-refractivity contribution in [3.05, 3.63) is 35.5 Å². The molecule has 6 heteroatoms. The van der Waals surface area contributed by atoms with Gasteiger partial charge in [-0.15, -0.1) is 0 Å². The molecule has 3 rings (SSSR count). The van der Waals surface area contributed by atoms with Crippen molar-refractivity contribution in [1.29, 1.82) is 0 Å². The van der Waals surface area contributed by atoms with Crippen molar-refractivity contribution in [3.8, 4) is 0 Å². The van der Waals surface area contributed by atoms with E-state index in [1.807, 2.05) is 14.1 Å². The Kier molecular flexibility index (Phi) is 6.83. The van der Waals surface area contributed by atoms with Crippen LogP contribution in [0.5, 0.6) is 0 Å². The Balaban J connectivity index is 1.64. The molecule has 1 aliphatic carbocycles. The number of guanidine groups is 1. The molecule has 1 aromatic heterocycles. The maximum Gasteiger partial charge on any atom is 0.230 e. The van der Waals surface area contributed by atoms with Gasteiger partial charge in [0.05, 0.1) is 12.0 Å². The molecule has 1 heterocycles. The second-order valence-corrected chi connectivity index (χ2v) is 8.37. The lowest BCUT2D eigenvalue weighted by Crippen LogP contribution is -2.43. The van der Waals surface area contributed by atoms with Crippen LogP contribution in [0.15, 0.2) is 29.4 Å². The Morgan fingerprint density at radius 2 is 2.00 bits per heavy atom. The highest BCUT2D eigenvalue weighted by Gasteiger charge is 2.42. The molecule has 1 saturated carbocycles. The van der Waals surface area contributed by atoms with Crippen LogP contribution in [0, 0.1) is 12.3 Å². The van der Waals surface area contributed by atoms with Gasteiger partial charge in [0.2, 0.25) is 5.91 Å². The van der Waals surface area contributed by atoms with Crippen LogP contribution < -0.4 is 10.6 Å². The zero-order valence-corrected chi connectivity index (χ0v) is 18.3. The van der Waals surface area contributed by atoms with Gasteiger partial charge in [0, 0.05) is 44.3 Å². The fourth-order valence-electron chi connectivity index (χ4n) is 4.42. The van der Waals surface area contributed by atoms with E-state index < -0.39 is 0 Å². The number of hydrogen-bond acceptors (Lipinski definition) is 2.